The summed E-state index contributed by atoms with van der Waals surface area (Å²) in [5, 5.41) is 3.75. The summed E-state index contributed by atoms with van der Waals surface area (Å²) in [5.74, 6) is 3.05. The normalized spacial score (nSPS) is 55.4. The van der Waals surface area contributed by atoms with Gasteiger partial charge in [-0.2, -0.15) is 0 Å². The number of nitrogens with one attached hydrogen (secondary N) is 1. The number of morpholine rings is 1. The van der Waals surface area contributed by atoms with Crippen LogP contribution in [-0.2, 0) is 4.74 Å². The summed E-state index contributed by atoms with van der Waals surface area (Å²) in [6, 6.07) is 0. The van der Waals surface area contributed by atoms with E-state index in [1.54, 1.807) is 0 Å². The van der Waals surface area contributed by atoms with Gasteiger partial charge in [0.1, 0.15) is 0 Å². The molecule has 2 nitrogen and oxygen atoms in total. The number of hydrogen-bond donors (Lipinski definition) is 1. The van der Waals surface area contributed by atoms with Gasteiger partial charge in [-0.3, -0.25) is 0 Å². The zero-order valence-corrected chi connectivity index (χ0v) is 12.8. The third kappa shape index (κ3) is 1.82. The van der Waals surface area contributed by atoms with E-state index in [2.05, 4.69) is 26.1 Å². The van der Waals surface area contributed by atoms with Crippen LogP contribution in [0.15, 0.2) is 0 Å². The molecule has 108 valence electrons. The van der Waals surface area contributed by atoms with Gasteiger partial charge in [-0.1, -0.05) is 0 Å². The van der Waals surface area contributed by atoms with E-state index in [9.17, 15) is 0 Å². The molecule has 1 unspecified atom stereocenters. The van der Waals surface area contributed by atoms with Crippen molar-refractivity contribution in [1.29, 1.82) is 0 Å². The third-order valence-corrected chi connectivity index (χ3v) is 6.82. The first-order valence-corrected chi connectivity index (χ1v) is 8.29. The third-order valence-electron chi connectivity index (χ3n) is 6.82. The molecule has 19 heavy (non-hydrogen) atoms. The van der Waals surface area contributed by atoms with Crippen LogP contribution in [0.2, 0.25) is 0 Å². The summed E-state index contributed by atoms with van der Waals surface area (Å²) in [4.78, 5) is 0. The van der Waals surface area contributed by atoms with Crippen molar-refractivity contribution in [2.75, 3.05) is 13.2 Å². The fourth-order valence-electron chi connectivity index (χ4n) is 5.95. The Morgan fingerprint density at radius 3 is 1.84 bits per heavy atom. The van der Waals surface area contributed by atoms with Crippen LogP contribution in [0.25, 0.3) is 0 Å². The molecule has 4 bridgehead atoms. The SMILES string of the molecule is CC1(C)COC(C)(C23CC4CC(CC(C4)C2)C3)CN1. The molecule has 0 spiro atoms. The Balaban J connectivity index is 1.61. The fraction of sp³-hybridized carbons (Fsp3) is 1.00. The van der Waals surface area contributed by atoms with Gasteiger partial charge >= 0.3 is 0 Å². The van der Waals surface area contributed by atoms with E-state index >= 15 is 0 Å². The molecule has 4 aliphatic carbocycles. The zero-order chi connectivity index (χ0) is 13.3. The Morgan fingerprint density at radius 2 is 1.42 bits per heavy atom. The van der Waals surface area contributed by atoms with Crippen molar-refractivity contribution in [2.45, 2.75) is 70.4 Å². The largest absolute Gasteiger partial charge is 0.371 e. The molecule has 0 radical (unpaired) electrons. The van der Waals surface area contributed by atoms with E-state index in [4.69, 9.17) is 4.74 Å². The van der Waals surface area contributed by atoms with Crippen LogP contribution in [0.4, 0.5) is 0 Å². The van der Waals surface area contributed by atoms with Gasteiger partial charge in [0, 0.05) is 17.5 Å². The second-order valence-corrected chi connectivity index (χ2v) is 8.95. The molecule has 0 aromatic carbocycles. The second kappa shape index (κ2) is 3.76. The molecule has 1 N–H and O–H groups in total. The Labute approximate surface area is 117 Å². The van der Waals surface area contributed by atoms with Gasteiger partial charge in [0.05, 0.1) is 12.2 Å². The molecule has 4 saturated carbocycles. The van der Waals surface area contributed by atoms with Crippen molar-refractivity contribution in [3.63, 3.8) is 0 Å². The first kappa shape index (κ1) is 12.6. The standard InChI is InChI=1S/C17H29NO/c1-15(2)11-19-16(3,10-18-15)17-7-12-4-13(8-17)6-14(5-12)9-17/h12-14,18H,4-11H2,1-3H3. The van der Waals surface area contributed by atoms with Crippen LogP contribution in [0, 0.1) is 23.2 Å². The number of rotatable bonds is 1. The highest BCUT2D eigenvalue weighted by atomic mass is 16.5. The van der Waals surface area contributed by atoms with E-state index in [0.717, 1.165) is 30.9 Å². The van der Waals surface area contributed by atoms with Gasteiger partial charge in [0.25, 0.3) is 0 Å². The minimum atomic E-state index is 0.0819. The van der Waals surface area contributed by atoms with Crippen molar-refractivity contribution in [2.24, 2.45) is 23.2 Å². The zero-order valence-electron chi connectivity index (χ0n) is 12.8. The van der Waals surface area contributed by atoms with Crippen LogP contribution in [0.1, 0.15) is 59.3 Å². The average Bonchev–Trinajstić information content (AvgIpc) is 2.31. The van der Waals surface area contributed by atoms with Crippen LogP contribution in [-0.4, -0.2) is 24.3 Å². The molecule has 1 saturated heterocycles. The van der Waals surface area contributed by atoms with Crippen LogP contribution in [0.3, 0.4) is 0 Å². The first-order chi connectivity index (χ1) is 8.90. The quantitative estimate of drug-likeness (QED) is 0.783. The minimum Gasteiger partial charge on any atom is -0.371 e. The molecule has 1 aliphatic heterocycles. The molecule has 0 aromatic heterocycles. The summed E-state index contributed by atoms with van der Waals surface area (Å²) >= 11 is 0. The highest BCUT2D eigenvalue weighted by Gasteiger charge is 2.60. The van der Waals surface area contributed by atoms with Crippen molar-refractivity contribution in [3.8, 4) is 0 Å². The van der Waals surface area contributed by atoms with Gasteiger partial charge in [-0.15, -0.1) is 0 Å². The summed E-state index contributed by atoms with van der Waals surface area (Å²) < 4.78 is 6.50. The van der Waals surface area contributed by atoms with Crippen LogP contribution in [0.5, 0.6) is 0 Å². The lowest BCUT2D eigenvalue weighted by atomic mass is 9.45. The van der Waals surface area contributed by atoms with Gasteiger partial charge in [0.15, 0.2) is 0 Å². The summed E-state index contributed by atoms with van der Waals surface area (Å²) in [5.41, 5.74) is 0.728. The maximum atomic E-state index is 6.50. The van der Waals surface area contributed by atoms with Crippen LogP contribution < -0.4 is 5.32 Å². The predicted molar refractivity (Wildman–Crippen MR) is 77.0 cm³/mol. The van der Waals surface area contributed by atoms with Crippen molar-refractivity contribution in [3.05, 3.63) is 0 Å². The highest BCUT2D eigenvalue weighted by Crippen LogP contribution is 2.64. The average molecular weight is 263 g/mol. The molecular weight excluding hydrogens is 234 g/mol. The summed E-state index contributed by atoms with van der Waals surface area (Å²) in [6.45, 7) is 8.83. The van der Waals surface area contributed by atoms with E-state index in [-0.39, 0.29) is 11.1 Å². The Bertz CT molecular complexity index is 341. The first-order valence-electron chi connectivity index (χ1n) is 8.29. The van der Waals surface area contributed by atoms with Gasteiger partial charge in [-0.25, -0.2) is 0 Å². The van der Waals surface area contributed by atoms with E-state index in [0.29, 0.717) is 5.41 Å². The summed E-state index contributed by atoms with van der Waals surface area (Å²) in [7, 11) is 0. The maximum Gasteiger partial charge on any atom is 0.0835 e. The maximum absolute atomic E-state index is 6.50. The Morgan fingerprint density at radius 1 is 0.895 bits per heavy atom. The summed E-state index contributed by atoms with van der Waals surface area (Å²) in [6.07, 6.45) is 8.89. The van der Waals surface area contributed by atoms with Gasteiger partial charge < -0.3 is 10.1 Å². The van der Waals surface area contributed by atoms with Crippen molar-refractivity contribution >= 4 is 0 Å². The lowest BCUT2D eigenvalue weighted by Gasteiger charge is -2.64. The number of hydrogen-bond acceptors (Lipinski definition) is 2. The topological polar surface area (TPSA) is 21.3 Å². The predicted octanol–water partition coefficient (Wildman–Crippen LogP) is 3.36. The Kier molecular flexibility index (Phi) is 2.50. The van der Waals surface area contributed by atoms with Gasteiger partial charge in [0.2, 0.25) is 0 Å². The lowest BCUT2D eigenvalue weighted by molar-refractivity contribution is -0.217. The molecule has 0 amide bonds. The molecule has 5 rings (SSSR count). The minimum absolute atomic E-state index is 0.0819. The van der Waals surface area contributed by atoms with Crippen molar-refractivity contribution < 1.29 is 4.74 Å². The monoisotopic (exact) mass is 263 g/mol. The molecule has 5 fully saturated rings. The fourth-order valence-corrected chi connectivity index (χ4v) is 5.95. The smallest absolute Gasteiger partial charge is 0.0835 e. The Hall–Kier alpha value is -0.0800. The second-order valence-electron chi connectivity index (χ2n) is 8.95. The molecule has 1 heterocycles. The molecular formula is C17H29NO. The van der Waals surface area contributed by atoms with Crippen molar-refractivity contribution in [1.82, 2.24) is 5.32 Å². The molecule has 1 atom stereocenters. The molecule has 0 aromatic rings. The lowest BCUT2D eigenvalue weighted by Crippen LogP contribution is -2.67. The highest BCUT2D eigenvalue weighted by molar-refractivity contribution is 5.11. The van der Waals surface area contributed by atoms with E-state index < -0.39 is 0 Å². The molecule has 5 aliphatic rings. The molecule has 2 heteroatoms. The van der Waals surface area contributed by atoms with Gasteiger partial charge in [-0.05, 0) is 77.0 Å². The number of ether oxygens (including phenoxy) is 1. The van der Waals surface area contributed by atoms with Crippen LogP contribution >= 0.6 is 0 Å². The van der Waals surface area contributed by atoms with E-state index in [1.807, 2.05) is 0 Å². The van der Waals surface area contributed by atoms with E-state index in [1.165, 1.54) is 38.5 Å².